The molecule has 0 amide bonds. The summed E-state index contributed by atoms with van der Waals surface area (Å²) in [7, 11) is 0.647. The van der Waals surface area contributed by atoms with E-state index < -0.39 is 8.07 Å². The Balaban J connectivity index is 1.50. The van der Waals surface area contributed by atoms with E-state index in [4.69, 9.17) is 23.7 Å². The van der Waals surface area contributed by atoms with Crippen molar-refractivity contribution >= 4 is 8.07 Å². The van der Waals surface area contributed by atoms with Gasteiger partial charge < -0.3 is 23.7 Å². The molecule has 1 aliphatic heterocycles. The lowest BCUT2D eigenvalue weighted by molar-refractivity contribution is -0.161. The van der Waals surface area contributed by atoms with E-state index in [1.165, 1.54) is 11.1 Å². The topological polar surface area (TPSA) is 46.2 Å². The predicted octanol–water partition coefficient (Wildman–Crippen LogP) is 5.56. The molecule has 1 heterocycles. The van der Waals surface area contributed by atoms with E-state index in [1.807, 2.05) is 0 Å². The average Bonchev–Trinajstić information content (AvgIpc) is 3.18. The highest BCUT2D eigenvalue weighted by molar-refractivity contribution is 6.76. The van der Waals surface area contributed by atoms with Crippen LogP contribution in [0, 0.1) is 5.92 Å². The fourth-order valence-electron chi connectivity index (χ4n) is 4.24. The second kappa shape index (κ2) is 11.1. The van der Waals surface area contributed by atoms with Crippen molar-refractivity contribution in [3.8, 4) is 5.75 Å². The van der Waals surface area contributed by atoms with Crippen molar-refractivity contribution in [2.24, 2.45) is 5.92 Å². The molecule has 1 saturated heterocycles. The van der Waals surface area contributed by atoms with Crippen molar-refractivity contribution in [2.45, 2.75) is 70.7 Å². The van der Waals surface area contributed by atoms with Crippen molar-refractivity contribution < 1.29 is 23.7 Å². The van der Waals surface area contributed by atoms with Crippen molar-refractivity contribution in [2.75, 3.05) is 33.7 Å². The van der Waals surface area contributed by atoms with Gasteiger partial charge in [-0.1, -0.05) is 44.3 Å². The van der Waals surface area contributed by atoms with Gasteiger partial charge in [-0.3, -0.25) is 0 Å². The summed E-state index contributed by atoms with van der Waals surface area (Å²) in [5.74, 6) is 1.02. The molecule has 1 spiro atoms. The largest absolute Gasteiger partial charge is 0.496 e. The first-order chi connectivity index (χ1) is 14.8. The first-order valence-corrected chi connectivity index (χ1v) is 15.3. The van der Waals surface area contributed by atoms with Crippen molar-refractivity contribution in [3.63, 3.8) is 0 Å². The van der Waals surface area contributed by atoms with E-state index in [9.17, 15) is 0 Å². The molecule has 2 aliphatic rings. The molecule has 0 saturated carbocycles. The van der Waals surface area contributed by atoms with Crippen LogP contribution < -0.4 is 4.74 Å². The van der Waals surface area contributed by atoms with Gasteiger partial charge >= 0.3 is 0 Å². The van der Waals surface area contributed by atoms with Gasteiger partial charge in [0.1, 0.15) is 12.5 Å². The van der Waals surface area contributed by atoms with Gasteiger partial charge in [0.15, 0.2) is 5.79 Å². The maximum Gasteiger partial charge on any atom is 0.172 e. The van der Waals surface area contributed by atoms with Crippen LogP contribution in [0.5, 0.6) is 5.75 Å². The lowest BCUT2D eigenvalue weighted by Crippen LogP contribution is -2.32. The number of ether oxygens (including phenoxy) is 5. The molecule has 0 bridgehead atoms. The first-order valence-electron chi connectivity index (χ1n) is 11.6. The minimum Gasteiger partial charge on any atom is -0.496 e. The Bertz CT molecular complexity index is 734. The van der Waals surface area contributed by atoms with Crippen molar-refractivity contribution in [3.05, 3.63) is 41.0 Å². The van der Waals surface area contributed by atoms with Crippen LogP contribution in [-0.4, -0.2) is 47.6 Å². The van der Waals surface area contributed by atoms with Crippen LogP contribution in [0.15, 0.2) is 29.8 Å². The Hall–Kier alpha value is -1.18. The number of benzene rings is 1. The van der Waals surface area contributed by atoms with Gasteiger partial charge in [-0.15, -0.1) is 0 Å². The summed E-state index contributed by atoms with van der Waals surface area (Å²) in [6, 6.07) is 7.59. The van der Waals surface area contributed by atoms with Crippen LogP contribution in [0.25, 0.3) is 0 Å². The molecule has 1 fully saturated rings. The zero-order valence-electron chi connectivity index (χ0n) is 20.0. The molecule has 6 heteroatoms. The lowest BCUT2D eigenvalue weighted by Gasteiger charge is -2.32. The summed E-state index contributed by atoms with van der Waals surface area (Å²) in [5.41, 5.74) is 3.89. The number of methoxy groups -OCH3 is 1. The zero-order valence-corrected chi connectivity index (χ0v) is 21.0. The maximum absolute atomic E-state index is 5.84. The molecule has 1 unspecified atom stereocenters. The highest BCUT2D eigenvalue weighted by atomic mass is 28.3. The molecule has 0 radical (unpaired) electrons. The fourth-order valence-corrected chi connectivity index (χ4v) is 4.99. The summed E-state index contributed by atoms with van der Waals surface area (Å²) in [5, 5.41) is 0. The highest BCUT2D eigenvalue weighted by Crippen LogP contribution is 2.37. The van der Waals surface area contributed by atoms with Crippen LogP contribution in [-0.2, 0) is 32.0 Å². The standard InChI is InChI=1S/C25H40O5Si/c1-20(22-8-10-25(11-9-22)29-12-13-30-25)16-21-6-7-24(26-2)23(17-21)18-28-19-27-14-15-31(3,4)5/h6-8,17,20H,9-16,18-19H2,1-5H3. The lowest BCUT2D eigenvalue weighted by atomic mass is 9.84. The zero-order chi connectivity index (χ0) is 22.3. The number of rotatable bonds is 11. The molecule has 0 N–H and O–H groups in total. The molecule has 1 atom stereocenters. The number of hydrogen-bond donors (Lipinski definition) is 0. The third-order valence-electron chi connectivity index (χ3n) is 6.22. The summed E-state index contributed by atoms with van der Waals surface area (Å²) >= 11 is 0. The molecular weight excluding hydrogens is 408 g/mol. The normalized spacial score (nSPS) is 19.5. The molecule has 0 aromatic heterocycles. The smallest absolute Gasteiger partial charge is 0.172 e. The quantitative estimate of drug-likeness (QED) is 0.192. The van der Waals surface area contributed by atoms with E-state index in [0.29, 0.717) is 19.3 Å². The highest BCUT2D eigenvalue weighted by Gasteiger charge is 2.38. The molecule has 1 aliphatic carbocycles. The SMILES string of the molecule is COc1ccc(CC(C)C2=CCC3(CC2)OCCO3)cc1COCOCC[Si](C)(C)C. The molecule has 1 aromatic rings. The predicted molar refractivity (Wildman–Crippen MR) is 126 cm³/mol. The Kier molecular flexibility index (Phi) is 8.76. The van der Waals surface area contributed by atoms with Gasteiger partial charge in [0.25, 0.3) is 0 Å². The van der Waals surface area contributed by atoms with Crippen LogP contribution >= 0.6 is 0 Å². The fraction of sp³-hybridized carbons (Fsp3) is 0.680. The van der Waals surface area contributed by atoms with Gasteiger partial charge in [0, 0.05) is 33.1 Å². The van der Waals surface area contributed by atoms with Crippen LogP contribution in [0.2, 0.25) is 25.7 Å². The molecule has 1 aromatic carbocycles. The maximum atomic E-state index is 5.84. The van der Waals surface area contributed by atoms with Crippen LogP contribution in [0.4, 0.5) is 0 Å². The molecule has 31 heavy (non-hydrogen) atoms. The third-order valence-corrected chi connectivity index (χ3v) is 7.93. The Labute approximate surface area is 189 Å². The summed E-state index contributed by atoms with van der Waals surface area (Å²) in [6.45, 7) is 12.4. The summed E-state index contributed by atoms with van der Waals surface area (Å²) in [6.07, 6.45) is 6.21. The van der Waals surface area contributed by atoms with Crippen molar-refractivity contribution in [1.82, 2.24) is 0 Å². The van der Waals surface area contributed by atoms with Crippen LogP contribution in [0.1, 0.15) is 37.3 Å². The summed E-state index contributed by atoms with van der Waals surface area (Å²) in [4.78, 5) is 0. The molecule has 5 nitrogen and oxygen atoms in total. The monoisotopic (exact) mass is 448 g/mol. The Morgan fingerprint density at radius 2 is 1.90 bits per heavy atom. The minimum absolute atomic E-state index is 0.326. The second-order valence-corrected chi connectivity index (χ2v) is 15.6. The van der Waals surface area contributed by atoms with Crippen molar-refractivity contribution in [1.29, 1.82) is 0 Å². The van der Waals surface area contributed by atoms with E-state index in [0.717, 1.165) is 62.9 Å². The van der Waals surface area contributed by atoms with E-state index in [1.54, 1.807) is 7.11 Å². The molecular formula is C25H40O5Si. The first kappa shape index (κ1) is 24.5. The molecule has 174 valence electrons. The summed E-state index contributed by atoms with van der Waals surface area (Å²) < 4.78 is 28.7. The van der Waals surface area contributed by atoms with Gasteiger partial charge in [0.2, 0.25) is 0 Å². The Morgan fingerprint density at radius 3 is 2.55 bits per heavy atom. The number of hydrogen-bond acceptors (Lipinski definition) is 5. The van der Waals surface area contributed by atoms with Gasteiger partial charge in [-0.2, -0.15) is 0 Å². The number of allylic oxidation sites excluding steroid dienone is 1. The van der Waals surface area contributed by atoms with E-state index >= 15 is 0 Å². The van der Waals surface area contributed by atoms with E-state index in [2.05, 4.69) is 50.8 Å². The molecule has 3 rings (SSSR count). The second-order valence-electron chi connectivity index (χ2n) is 10.0. The Morgan fingerprint density at radius 1 is 1.13 bits per heavy atom. The van der Waals surface area contributed by atoms with E-state index in [-0.39, 0.29) is 5.79 Å². The van der Waals surface area contributed by atoms with Gasteiger partial charge in [-0.25, -0.2) is 0 Å². The van der Waals surface area contributed by atoms with Crippen LogP contribution in [0.3, 0.4) is 0 Å². The minimum atomic E-state index is -1.06. The van der Waals surface area contributed by atoms with Gasteiger partial charge in [0.05, 0.1) is 26.9 Å². The average molecular weight is 449 g/mol. The third kappa shape index (κ3) is 7.43. The van der Waals surface area contributed by atoms with Gasteiger partial charge in [-0.05, 0) is 42.5 Å².